The van der Waals surface area contributed by atoms with Crippen LogP contribution in [0.15, 0.2) is 22.8 Å². The monoisotopic (exact) mass is 213 g/mol. The molecule has 0 radical (unpaired) electrons. The Morgan fingerprint density at radius 1 is 1.67 bits per heavy atom. The van der Waals surface area contributed by atoms with Crippen LogP contribution in [-0.2, 0) is 20.7 Å². The van der Waals surface area contributed by atoms with Crippen molar-refractivity contribution < 1.29 is 23.8 Å². The lowest BCUT2D eigenvalue weighted by Crippen LogP contribution is -2.42. The zero-order valence-electron chi connectivity index (χ0n) is 8.10. The molecule has 0 spiro atoms. The Labute approximate surface area is 85.8 Å². The highest BCUT2D eigenvalue weighted by molar-refractivity contribution is 5.83. The summed E-state index contributed by atoms with van der Waals surface area (Å²) in [6, 6.07) is 3.27. The first-order chi connectivity index (χ1) is 7.13. The number of carboxylic acids is 1. The Hall–Kier alpha value is -1.82. The highest BCUT2D eigenvalue weighted by atomic mass is 16.5. The van der Waals surface area contributed by atoms with E-state index >= 15 is 0 Å². The molecule has 1 heterocycles. The molecule has 2 N–H and O–H groups in total. The second kappa shape index (κ2) is 5.16. The largest absolute Gasteiger partial charge is 0.478 e. The van der Waals surface area contributed by atoms with Crippen molar-refractivity contribution in [3.63, 3.8) is 0 Å². The van der Waals surface area contributed by atoms with Crippen molar-refractivity contribution in [3.05, 3.63) is 24.2 Å². The van der Waals surface area contributed by atoms with Crippen molar-refractivity contribution in [2.45, 2.75) is 12.6 Å². The summed E-state index contributed by atoms with van der Waals surface area (Å²) in [4.78, 5) is 21.8. The van der Waals surface area contributed by atoms with Gasteiger partial charge < -0.3 is 19.6 Å². The topological polar surface area (TPSA) is 88.8 Å². The van der Waals surface area contributed by atoms with Gasteiger partial charge in [0.25, 0.3) is 0 Å². The van der Waals surface area contributed by atoms with Gasteiger partial charge in [-0.2, -0.15) is 0 Å². The quantitative estimate of drug-likeness (QED) is 0.672. The molecule has 15 heavy (non-hydrogen) atoms. The number of hydrogen-bond donors (Lipinski definition) is 2. The highest BCUT2D eigenvalue weighted by Gasteiger charge is 2.19. The Morgan fingerprint density at radius 2 is 2.40 bits per heavy atom. The molecular weight excluding hydrogens is 202 g/mol. The first-order valence-electron chi connectivity index (χ1n) is 4.21. The average Bonchev–Trinajstić information content (AvgIpc) is 2.66. The van der Waals surface area contributed by atoms with E-state index in [0.29, 0.717) is 5.76 Å². The molecule has 0 saturated heterocycles. The van der Waals surface area contributed by atoms with E-state index in [1.165, 1.54) is 13.4 Å². The minimum Gasteiger partial charge on any atom is -0.478 e. The van der Waals surface area contributed by atoms with Gasteiger partial charge >= 0.3 is 5.97 Å². The van der Waals surface area contributed by atoms with Gasteiger partial charge in [0.1, 0.15) is 5.76 Å². The van der Waals surface area contributed by atoms with Gasteiger partial charge in [0.15, 0.2) is 0 Å². The van der Waals surface area contributed by atoms with Crippen LogP contribution in [0.2, 0.25) is 0 Å². The van der Waals surface area contributed by atoms with Crippen LogP contribution >= 0.6 is 0 Å². The van der Waals surface area contributed by atoms with Crippen molar-refractivity contribution >= 4 is 11.9 Å². The Bertz CT molecular complexity index is 332. The van der Waals surface area contributed by atoms with Gasteiger partial charge in [0.05, 0.1) is 12.7 Å². The lowest BCUT2D eigenvalue weighted by atomic mass is 10.3. The van der Waals surface area contributed by atoms with Crippen LogP contribution in [-0.4, -0.2) is 30.3 Å². The summed E-state index contributed by atoms with van der Waals surface area (Å²) < 4.78 is 9.47. The van der Waals surface area contributed by atoms with Crippen molar-refractivity contribution in [3.8, 4) is 0 Å². The fourth-order valence-corrected chi connectivity index (χ4v) is 0.990. The number of aliphatic carboxylic acids is 1. The van der Waals surface area contributed by atoms with E-state index in [2.05, 4.69) is 10.1 Å². The molecule has 82 valence electrons. The normalized spacial score (nSPS) is 12.1. The lowest BCUT2D eigenvalue weighted by Gasteiger charge is -2.11. The number of methoxy groups -OCH3 is 1. The molecule has 0 aliphatic heterocycles. The fourth-order valence-electron chi connectivity index (χ4n) is 0.990. The highest BCUT2D eigenvalue weighted by Crippen LogP contribution is 2.00. The number of rotatable bonds is 5. The van der Waals surface area contributed by atoms with Crippen LogP contribution in [0.5, 0.6) is 0 Å². The Morgan fingerprint density at radius 3 is 2.87 bits per heavy atom. The van der Waals surface area contributed by atoms with Crippen molar-refractivity contribution in [2.24, 2.45) is 0 Å². The molecule has 0 aliphatic carbocycles. The predicted molar refractivity (Wildman–Crippen MR) is 49.0 cm³/mol. The molecule has 1 atom stereocenters. The summed E-state index contributed by atoms with van der Waals surface area (Å²) in [6.07, 6.45) is 0.0979. The molecule has 0 saturated carbocycles. The maximum atomic E-state index is 11.3. The lowest BCUT2D eigenvalue weighted by molar-refractivity contribution is -0.153. The molecule has 0 fully saturated rings. The van der Waals surface area contributed by atoms with Gasteiger partial charge in [-0.1, -0.05) is 0 Å². The van der Waals surface area contributed by atoms with Crippen LogP contribution in [0.1, 0.15) is 5.76 Å². The van der Waals surface area contributed by atoms with Crippen LogP contribution in [0.25, 0.3) is 0 Å². The van der Waals surface area contributed by atoms with E-state index in [0.717, 1.165) is 0 Å². The molecule has 0 bridgehead atoms. The van der Waals surface area contributed by atoms with Crippen LogP contribution in [0.3, 0.4) is 0 Å². The van der Waals surface area contributed by atoms with Crippen LogP contribution in [0, 0.1) is 0 Å². The van der Waals surface area contributed by atoms with E-state index in [4.69, 9.17) is 9.52 Å². The number of carbonyl (C=O) groups excluding carboxylic acids is 1. The molecule has 1 aromatic rings. The van der Waals surface area contributed by atoms with Crippen molar-refractivity contribution in [1.29, 1.82) is 0 Å². The molecule has 1 aromatic heterocycles. The summed E-state index contributed by atoms with van der Waals surface area (Å²) in [7, 11) is 1.20. The maximum absolute atomic E-state index is 11.3. The number of amides is 1. The molecule has 1 unspecified atom stereocenters. The van der Waals surface area contributed by atoms with E-state index in [9.17, 15) is 9.59 Å². The van der Waals surface area contributed by atoms with E-state index in [1.807, 2.05) is 0 Å². The number of furan rings is 1. The maximum Gasteiger partial charge on any atom is 0.354 e. The Kier molecular flexibility index (Phi) is 3.87. The third kappa shape index (κ3) is 3.43. The zero-order valence-corrected chi connectivity index (χ0v) is 8.10. The zero-order chi connectivity index (χ0) is 11.3. The van der Waals surface area contributed by atoms with Crippen LogP contribution in [0.4, 0.5) is 0 Å². The molecule has 0 aromatic carbocycles. The number of ether oxygens (including phenoxy) is 1. The summed E-state index contributed by atoms with van der Waals surface area (Å²) in [5, 5.41) is 10.8. The number of carboxylic acid groups (broad SMARTS) is 1. The molecule has 0 aliphatic rings. The fraction of sp³-hybridized carbons (Fsp3) is 0.333. The van der Waals surface area contributed by atoms with Crippen LogP contribution < -0.4 is 5.32 Å². The minimum atomic E-state index is -1.33. The predicted octanol–water partition coefficient (Wildman–Crippen LogP) is -0.00460. The molecule has 1 amide bonds. The standard InChI is InChI=1S/C9H11NO5/c1-14-8(9(12)13)10-7(11)5-6-3-2-4-15-6/h2-4,8H,5H2,1H3,(H,10,11)(H,12,13). The number of hydrogen-bond acceptors (Lipinski definition) is 4. The van der Waals surface area contributed by atoms with Gasteiger partial charge in [-0.15, -0.1) is 0 Å². The van der Waals surface area contributed by atoms with E-state index in [1.54, 1.807) is 12.1 Å². The first-order valence-corrected chi connectivity index (χ1v) is 4.21. The third-order valence-corrected chi connectivity index (χ3v) is 1.67. The summed E-state index contributed by atoms with van der Waals surface area (Å²) in [5.41, 5.74) is 0. The summed E-state index contributed by atoms with van der Waals surface area (Å²) >= 11 is 0. The number of nitrogens with one attached hydrogen (secondary N) is 1. The smallest absolute Gasteiger partial charge is 0.354 e. The van der Waals surface area contributed by atoms with Gasteiger partial charge in [-0.05, 0) is 12.1 Å². The van der Waals surface area contributed by atoms with Crippen molar-refractivity contribution in [2.75, 3.05) is 7.11 Å². The van der Waals surface area contributed by atoms with E-state index < -0.39 is 18.1 Å². The van der Waals surface area contributed by atoms with Crippen molar-refractivity contribution in [1.82, 2.24) is 5.32 Å². The molecule has 6 heteroatoms. The van der Waals surface area contributed by atoms with Gasteiger partial charge in [0.2, 0.25) is 12.1 Å². The minimum absolute atomic E-state index is 0.0138. The summed E-state index contributed by atoms with van der Waals surface area (Å²) in [5.74, 6) is -1.25. The van der Waals surface area contributed by atoms with Gasteiger partial charge in [-0.3, -0.25) is 4.79 Å². The second-order valence-electron chi connectivity index (χ2n) is 2.78. The SMILES string of the molecule is COC(NC(=O)Cc1ccco1)C(=O)O. The van der Waals surface area contributed by atoms with Gasteiger partial charge in [-0.25, -0.2) is 4.79 Å². The number of carbonyl (C=O) groups is 2. The second-order valence-corrected chi connectivity index (χ2v) is 2.78. The molecule has 6 nitrogen and oxygen atoms in total. The molecule has 1 rings (SSSR count). The summed E-state index contributed by atoms with van der Waals surface area (Å²) in [6.45, 7) is 0. The third-order valence-electron chi connectivity index (χ3n) is 1.67. The Balaban J connectivity index is 2.45. The first kappa shape index (κ1) is 11.3. The van der Waals surface area contributed by atoms with Gasteiger partial charge in [0, 0.05) is 7.11 Å². The average molecular weight is 213 g/mol. The van der Waals surface area contributed by atoms with E-state index in [-0.39, 0.29) is 6.42 Å². The molecular formula is C9H11NO5.